The molecule has 0 aromatic carbocycles. The Morgan fingerprint density at radius 1 is 1.47 bits per heavy atom. The highest BCUT2D eigenvalue weighted by Gasteiger charge is 2.41. The molecule has 3 heteroatoms. The van der Waals surface area contributed by atoms with Crippen molar-refractivity contribution in [1.82, 2.24) is 0 Å². The van der Waals surface area contributed by atoms with Gasteiger partial charge in [-0.1, -0.05) is 13.8 Å². The number of hydrogen-bond donors (Lipinski definition) is 1. The summed E-state index contributed by atoms with van der Waals surface area (Å²) >= 11 is 0. The number of rotatable bonds is 3. The Bertz CT molecular complexity index is 215. The highest BCUT2D eigenvalue weighted by Crippen LogP contribution is 2.36. The van der Waals surface area contributed by atoms with E-state index < -0.39 is 11.6 Å². The van der Waals surface area contributed by atoms with Crippen LogP contribution in [0.15, 0.2) is 0 Å². The molecule has 3 nitrogen and oxygen atoms in total. The third-order valence-electron chi connectivity index (χ3n) is 3.46. The van der Waals surface area contributed by atoms with Crippen molar-refractivity contribution in [3.05, 3.63) is 0 Å². The molecular formula is C12H22O3. The molecule has 0 atom stereocenters. The third-order valence-corrected chi connectivity index (χ3v) is 3.46. The summed E-state index contributed by atoms with van der Waals surface area (Å²) in [6.45, 7) is 6.49. The lowest BCUT2D eigenvalue weighted by molar-refractivity contribution is -0.169. The minimum absolute atomic E-state index is 0.342. The first kappa shape index (κ1) is 12.5. The van der Waals surface area contributed by atoms with Gasteiger partial charge >= 0.3 is 5.97 Å². The number of esters is 1. The maximum absolute atomic E-state index is 11.5. The zero-order valence-electron chi connectivity index (χ0n) is 9.95. The first-order valence-corrected chi connectivity index (χ1v) is 5.89. The molecule has 1 N–H and O–H groups in total. The Labute approximate surface area is 91.8 Å². The quantitative estimate of drug-likeness (QED) is 0.732. The normalized spacial score (nSPS) is 31.7. The molecule has 0 aliphatic heterocycles. The van der Waals surface area contributed by atoms with E-state index in [1.807, 2.05) is 0 Å². The summed E-state index contributed by atoms with van der Waals surface area (Å²) in [6.07, 6.45) is 2.95. The van der Waals surface area contributed by atoms with Crippen molar-refractivity contribution >= 4 is 5.97 Å². The highest BCUT2D eigenvalue weighted by molar-refractivity contribution is 5.79. The second-order valence-corrected chi connectivity index (χ2v) is 4.83. The van der Waals surface area contributed by atoms with Crippen LogP contribution in [0.5, 0.6) is 0 Å². The molecule has 0 heterocycles. The Hall–Kier alpha value is -0.570. The zero-order valence-corrected chi connectivity index (χ0v) is 9.95. The van der Waals surface area contributed by atoms with Crippen LogP contribution in [0.2, 0.25) is 0 Å². The van der Waals surface area contributed by atoms with E-state index in [2.05, 4.69) is 13.8 Å². The van der Waals surface area contributed by atoms with Crippen molar-refractivity contribution in [2.45, 2.75) is 52.1 Å². The molecule has 1 fully saturated rings. The number of aliphatic hydroxyl groups is 1. The van der Waals surface area contributed by atoms with Crippen molar-refractivity contribution in [2.75, 3.05) is 6.61 Å². The maximum Gasteiger partial charge on any atom is 0.338 e. The van der Waals surface area contributed by atoms with E-state index in [1.54, 1.807) is 6.92 Å². The second kappa shape index (κ2) is 4.97. The molecule has 88 valence electrons. The van der Waals surface area contributed by atoms with E-state index in [-0.39, 0.29) is 0 Å². The number of ether oxygens (including phenoxy) is 1. The standard InChI is InChI=1S/C12H22O3/c1-4-15-11(13)12(14)7-5-10(6-8-12)9(2)3/h9-10,14H,4-8H2,1-3H3. The van der Waals surface area contributed by atoms with Gasteiger partial charge in [-0.2, -0.15) is 0 Å². The number of carbonyl (C=O) groups is 1. The number of hydrogen-bond acceptors (Lipinski definition) is 3. The molecule has 1 saturated carbocycles. The Morgan fingerprint density at radius 3 is 2.40 bits per heavy atom. The van der Waals surface area contributed by atoms with E-state index in [0.717, 1.165) is 12.8 Å². The predicted octanol–water partition coefficient (Wildman–Crippen LogP) is 2.13. The van der Waals surface area contributed by atoms with Crippen LogP contribution in [-0.4, -0.2) is 23.3 Å². The lowest BCUT2D eigenvalue weighted by atomic mass is 9.74. The fourth-order valence-corrected chi connectivity index (χ4v) is 2.25. The summed E-state index contributed by atoms with van der Waals surface area (Å²) in [5.41, 5.74) is -1.21. The smallest absolute Gasteiger partial charge is 0.338 e. The van der Waals surface area contributed by atoms with Crippen molar-refractivity contribution in [3.63, 3.8) is 0 Å². The summed E-state index contributed by atoms with van der Waals surface area (Å²) in [4.78, 5) is 11.5. The van der Waals surface area contributed by atoms with Crippen LogP contribution in [0.1, 0.15) is 46.5 Å². The molecule has 15 heavy (non-hydrogen) atoms. The molecule has 1 aliphatic carbocycles. The van der Waals surface area contributed by atoms with Gasteiger partial charge in [-0.25, -0.2) is 4.79 Å². The molecule has 0 aromatic rings. The van der Waals surface area contributed by atoms with Crippen LogP contribution in [0.3, 0.4) is 0 Å². The summed E-state index contributed by atoms with van der Waals surface area (Å²) in [5.74, 6) is 0.837. The van der Waals surface area contributed by atoms with Gasteiger partial charge in [-0.05, 0) is 44.4 Å². The van der Waals surface area contributed by atoms with Crippen LogP contribution >= 0.6 is 0 Å². The topological polar surface area (TPSA) is 46.5 Å². The van der Waals surface area contributed by atoms with E-state index in [4.69, 9.17) is 4.74 Å². The van der Waals surface area contributed by atoms with Crippen LogP contribution in [0, 0.1) is 11.8 Å². The van der Waals surface area contributed by atoms with Gasteiger partial charge in [-0.3, -0.25) is 0 Å². The molecule has 0 bridgehead atoms. The largest absolute Gasteiger partial charge is 0.464 e. The van der Waals surface area contributed by atoms with Gasteiger partial charge in [0.2, 0.25) is 0 Å². The van der Waals surface area contributed by atoms with Crippen LogP contribution in [0.4, 0.5) is 0 Å². The monoisotopic (exact) mass is 214 g/mol. The molecular weight excluding hydrogens is 192 g/mol. The first-order valence-electron chi connectivity index (χ1n) is 5.89. The maximum atomic E-state index is 11.5. The summed E-state index contributed by atoms with van der Waals surface area (Å²) < 4.78 is 4.89. The Morgan fingerprint density at radius 2 is 2.00 bits per heavy atom. The lowest BCUT2D eigenvalue weighted by Crippen LogP contribution is -2.44. The van der Waals surface area contributed by atoms with Crippen molar-refractivity contribution < 1.29 is 14.6 Å². The van der Waals surface area contributed by atoms with Gasteiger partial charge in [0, 0.05) is 0 Å². The molecule has 0 spiro atoms. The third kappa shape index (κ3) is 2.94. The van der Waals surface area contributed by atoms with Crippen molar-refractivity contribution in [2.24, 2.45) is 11.8 Å². The predicted molar refractivity (Wildman–Crippen MR) is 58.4 cm³/mol. The molecule has 0 saturated heterocycles. The van der Waals surface area contributed by atoms with E-state index >= 15 is 0 Å². The molecule has 1 aliphatic rings. The summed E-state index contributed by atoms with van der Waals surface area (Å²) in [7, 11) is 0. The molecule has 1 rings (SSSR count). The van der Waals surface area contributed by atoms with Crippen LogP contribution in [-0.2, 0) is 9.53 Å². The van der Waals surface area contributed by atoms with Gasteiger partial charge in [0.25, 0.3) is 0 Å². The first-order chi connectivity index (χ1) is 6.99. The Balaban J connectivity index is 2.50. The highest BCUT2D eigenvalue weighted by atomic mass is 16.5. The lowest BCUT2D eigenvalue weighted by Gasteiger charge is -2.35. The number of carbonyl (C=O) groups excluding carboxylic acids is 1. The fourth-order valence-electron chi connectivity index (χ4n) is 2.25. The molecule has 0 unspecified atom stereocenters. The molecule has 0 amide bonds. The van der Waals surface area contributed by atoms with Crippen molar-refractivity contribution in [3.8, 4) is 0 Å². The summed E-state index contributed by atoms with van der Waals surface area (Å²) in [5, 5.41) is 10.1. The van der Waals surface area contributed by atoms with Crippen LogP contribution < -0.4 is 0 Å². The second-order valence-electron chi connectivity index (χ2n) is 4.83. The van der Waals surface area contributed by atoms with Gasteiger partial charge in [0.15, 0.2) is 5.60 Å². The van der Waals surface area contributed by atoms with E-state index in [9.17, 15) is 9.90 Å². The minimum atomic E-state index is -1.21. The average molecular weight is 214 g/mol. The average Bonchev–Trinajstić information content (AvgIpc) is 2.18. The van der Waals surface area contributed by atoms with Crippen molar-refractivity contribution in [1.29, 1.82) is 0 Å². The minimum Gasteiger partial charge on any atom is -0.464 e. The summed E-state index contributed by atoms with van der Waals surface area (Å²) in [6, 6.07) is 0. The SMILES string of the molecule is CCOC(=O)C1(O)CCC(C(C)C)CC1. The van der Waals surface area contributed by atoms with Crippen LogP contribution in [0.25, 0.3) is 0 Å². The van der Waals surface area contributed by atoms with Gasteiger partial charge in [-0.15, -0.1) is 0 Å². The Kier molecular flexibility index (Phi) is 4.14. The molecule has 0 aromatic heterocycles. The fraction of sp³-hybridized carbons (Fsp3) is 0.917. The van der Waals surface area contributed by atoms with Gasteiger partial charge in [0.1, 0.15) is 0 Å². The van der Waals surface area contributed by atoms with E-state index in [0.29, 0.717) is 31.3 Å². The van der Waals surface area contributed by atoms with E-state index in [1.165, 1.54) is 0 Å². The van der Waals surface area contributed by atoms with Gasteiger partial charge in [0.05, 0.1) is 6.61 Å². The zero-order chi connectivity index (χ0) is 11.5. The van der Waals surface area contributed by atoms with Gasteiger partial charge < -0.3 is 9.84 Å². The molecule has 0 radical (unpaired) electrons.